The van der Waals surface area contributed by atoms with Gasteiger partial charge in [0.05, 0.1) is 38.1 Å². The zero-order valence-electron chi connectivity index (χ0n) is 24.4. The first-order valence-corrected chi connectivity index (χ1v) is 15.3. The first kappa shape index (κ1) is 28.4. The summed E-state index contributed by atoms with van der Waals surface area (Å²) in [5.41, 5.74) is 3.81. The molecule has 1 aromatic carbocycles. The molecular formula is C34H46O6. The molecule has 1 saturated heterocycles. The largest absolute Gasteiger partial charge is 0.394 e. The van der Waals surface area contributed by atoms with Crippen LogP contribution >= 0.6 is 0 Å². The SMILES string of the molecule is CC1(C)COC2(CCC3=C4C(c5ccc(C#CCOCCO)cc5)CC5(C)C(O)CCC5C4CC[C@@]3(O)C2)OC1. The van der Waals surface area contributed by atoms with E-state index < -0.39 is 11.4 Å². The zero-order valence-corrected chi connectivity index (χ0v) is 24.4. The summed E-state index contributed by atoms with van der Waals surface area (Å²) in [6, 6.07) is 8.52. The van der Waals surface area contributed by atoms with Gasteiger partial charge >= 0.3 is 0 Å². The Hall–Kier alpha value is -1.72. The van der Waals surface area contributed by atoms with Crippen LogP contribution in [0.4, 0.5) is 0 Å². The van der Waals surface area contributed by atoms with Gasteiger partial charge in [-0.15, -0.1) is 0 Å². The average Bonchev–Trinajstić information content (AvgIpc) is 3.23. The Morgan fingerprint density at radius 2 is 1.77 bits per heavy atom. The minimum absolute atomic E-state index is 0.000586. The van der Waals surface area contributed by atoms with E-state index in [1.165, 1.54) is 16.7 Å². The molecule has 0 bridgehead atoms. The van der Waals surface area contributed by atoms with Crippen molar-refractivity contribution >= 4 is 0 Å². The van der Waals surface area contributed by atoms with Crippen molar-refractivity contribution in [1.82, 2.24) is 0 Å². The zero-order chi connectivity index (χ0) is 28.2. The van der Waals surface area contributed by atoms with E-state index in [1.807, 2.05) is 0 Å². The maximum absolute atomic E-state index is 12.3. The van der Waals surface area contributed by atoms with Gasteiger partial charge in [-0.25, -0.2) is 0 Å². The molecule has 6 heteroatoms. The van der Waals surface area contributed by atoms with Crippen molar-refractivity contribution in [2.45, 2.75) is 95.5 Å². The molecule has 218 valence electrons. The number of hydrogen-bond donors (Lipinski definition) is 3. The summed E-state index contributed by atoms with van der Waals surface area (Å²) in [6.45, 7) is 8.53. The molecule has 1 aromatic rings. The predicted octanol–water partition coefficient (Wildman–Crippen LogP) is 4.70. The monoisotopic (exact) mass is 550 g/mol. The summed E-state index contributed by atoms with van der Waals surface area (Å²) < 4.78 is 18.0. The fraction of sp³-hybridized carbons (Fsp3) is 0.706. The van der Waals surface area contributed by atoms with Crippen LogP contribution in [0.15, 0.2) is 35.4 Å². The smallest absolute Gasteiger partial charge is 0.171 e. The molecule has 40 heavy (non-hydrogen) atoms. The second-order valence-corrected chi connectivity index (χ2v) is 14.1. The molecule has 3 saturated carbocycles. The van der Waals surface area contributed by atoms with Gasteiger partial charge in [0.25, 0.3) is 0 Å². The molecule has 0 amide bonds. The summed E-state index contributed by atoms with van der Waals surface area (Å²) in [5, 5.41) is 32.3. The summed E-state index contributed by atoms with van der Waals surface area (Å²) in [5.74, 6) is 6.49. The van der Waals surface area contributed by atoms with Gasteiger partial charge in [0.15, 0.2) is 5.79 Å². The van der Waals surface area contributed by atoms with Gasteiger partial charge in [0.1, 0.15) is 6.61 Å². The quantitative estimate of drug-likeness (QED) is 0.286. The van der Waals surface area contributed by atoms with Crippen molar-refractivity contribution in [2.75, 3.05) is 33.0 Å². The summed E-state index contributed by atoms with van der Waals surface area (Å²) in [7, 11) is 0. The third-order valence-electron chi connectivity index (χ3n) is 10.8. The molecule has 6 atom stereocenters. The summed E-state index contributed by atoms with van der Waals surface area (Å²) in [4.78, 5) is 0. The van der Waals surface area contributed by atoms with Gasteiger partial charge in [0.2, 0.25) is 0 Å². The Labute approximate surface area is 239 Å². The van der Waals surface area contributed by atoms with Crippen LogP contribution in [-0.2, 0) is 14.2 Å². The molecule has 4 aliphatic carbocycles. The van der Waals surface area contributed by atoms with E-state index >= 15 is 0 Å². The lowest BCUT2D eigenvalue weighted by Crippen LogP contribution is -2.57. The second kappa shape index (κ2) is 10.5. The molecule has 1 aliphatic heterocycles. The van der Waals surface area contributed by atoms with Crippen LogP contribution in [0, 0.1) is 34.5 Å². The molecule has 0 aromatic heterocycles. The maximum Gasteiger partial charge on any atom is 0.171 e. The van der Waals surface area contributed by atoms with Crippen molar-refractivity contribution in [3.05, 3.63) is 46.5 Å². The highest BCUT2D eigenvalue weighted by Gasteiger charge is 2.60. The fourth-order valence-electron chi connectivity index (χ4n) is 8.65. The lowest BCUT2D eigenvalue weighted by Gasteiger charge is -2.57. The molecule has 6 nitrogen and oxygen atoms in total. The average molecular weight is 551 g/mol. The minimum Gasteiger partial charge on any atom is -0.394 e. The van der Waals surface area contributed by atoms with Crippen LogP contribution in [0.1, 0.15) is 89.2 Å². The van der Waals surface area contributed by atoms with E-state index in [4.69, 9.17) is 19.3 Å². The van der Waals surface area contributed by atoms with Gasteiger partial charge < -0.3 is 29.5 Å². The van der Waals surface area contributed by atoms with E-state index in [9.17, 15) is 10.2 Å². The Balaban J connectivity index is 1.33. The van der Waals surface area contributed by atoms with E-state index in [0.717, 1.165) is 50.5 Å². The van der Waals surface area contributed by atoms with Crippen LogP contribution < -0.4 is 0 Å². The van der Waals surface area contributed by atoms with Gasteiger partial charge in [-0.1, -0.05) is 50.3 Å². The van der Waals surface area contributed by atoms with Gasteiger partial charge in [-0.05, 0) is 79.0 Å². The molecular weight excluding hydrogens is 504 g/mol. The van der Waals surface area contributed by atoms with Gasteiger partial charge in [-0.2, -0.15) is 0 Å². The topological polar surface area (TPSA) is 88.4 Å². The predicted molar refractivity (Wildman–Crippen MR) is 152 cm³/mol. The van der Waals surface area contributed by atoms with E-state index in [2.05, 4.69) is 56.9 Å². The maximum atomic E-state index is 12.3. The first-order chi connectivity index (χ1) is 19.1. The standard InChI is InChI=1S/C34H46O6/c1-31(2)21-39-34(40-22-31)15-13-28-30-25(12-14-33(28,37)20-34)27-10-11-29(36)32(27,3)19-26(30)24-8-6-23(7-9-24)5-4-17-38-18-16-35/h6-9,25-27,29,35-37H,10-22H2,1-3H3/t25?,26?,27?,29?,32?,33-/m1/s1. The van der Waals surface area contributed by atoms with E-state index in [1.54, 1.807) is 0 Å². The molecule has 1 heterocycles. The lowest BCUT2D eigenvalue weighted by molar-refractivity contribution is -0.322. The van der Waals surface area contributed by atoms with Crippen molar-refractivity contribution in [2.24, 2.45) is 22.7 Å². The number of ether oxygens (including phenoxy) is 3. The number of hydrogen-bond acceptors (Lipinski definition) is 6. The highest BCUT2D eigenvalue weighted by atomic mass is 16.7. The number of benzene rings is 1. The number of aliphatic hydroxyl groups is 3. The van der Waals surface area contributed by atoms with Crippen molar-refractivity contribution in [1.29, 1.82) is 0 Å². The van der Waals surface area contributed by atoms with Crippen molar-refractivity contribution < 1.29 is 29.5 Å². The normalized spacial score (nSPS) is 37.8. The van der Waals surface area contributed by atoms with Crippen LogP contribution in [0.25, 0.3) is 0 Å². The number of rotatable bonds is 4. The van der Waals surface area contributed by atoms with E-state index in [0.29, 0.717) is 44.7 Å². The second-order valence-electron chi connectivity index (χ2n) is 14.1. The van der Waals surface area contributed by atoms with Crippen LogP contribution in [0.5, 0.6) is 0 Å². The molecule has 1 spiro atoms. The third-order valence-corrected chi connectivity index (χ3v) is 10.8. The van der Waals surface area contributed by atoms with Crippen LogP contribution in [0.3, 0.4) is 0 Å². The van der Waals surface area contributed by atoms with Crippen LogP contribution in [-0.4, -0.2) is 65.8 Å². The van der Waals surface area contributed by atoms with Gasteiger partial charge in [-0.3, -0.25) is 0 Å². The Bertz CT molecular complexity index is 1180. The molecule has 5 unspecified atom stereocenters. The highest BCUT2D eigenvalue weighted by Crippen LogP contribution is 2.65. The molecule has 0 radical (unpaired) electrons. The minimum atomic E-state index is -0.908. The molecule has 6 rings (SSSR count). The molecule has 4 fully saturated rings. The highest BCUT2D eigenvalue weighted by molar-refractivity contribution is 5.45. The lowest BCUT2D eigenvalue weighted by atomic mass is 9.51. The Kier molecular flexibility index (Phi) is 7.47. The summed E-state index contributed by atoms with van der Waals surface area (Å²) >= 11 is 0. The number of fused-ring (bicyclic) bond motifs is 4. The number of allylic oxidation sites excluding steroid dienone is 1. The Morgan fingerprint density at radius 1 is 1.02 bits per heavy atom. The van der Waals surface area contributed by atoms with Crippen molar-refractivity contribution in [3.8, 4) is 11.8 Å². The van der Waals surface area contributed by atoms with Gasteiger partial charge in [0, 0.05) is 29.7 Å². The third kappa shape index (κ3) is 4.97. The first-order valence-electron chi connectivity index (χ1n) is 15.3. The fourth-order valence-corrected chi connectivity index (χ4v) is 8.65. The molecule has 3 N–H and O–H groups in total. The van der Waals surface area contributed by atoms with E-state index in [-0.39, 0.29) is 29.5 Å². The number of aliphatic hydroxyl groups excluding tert-OH is 2. The Morgan fingerprint density at radius 3 is 2.50 bits per heavy atom. The van der Waals surface area contributed by atoms with Crippen LogP contribution in [0.2, 0.25) is 0 Å². The summed E-state index contributed by atoms with van der Waals surface area (Å²) in [6.07, 6.45) is 6.30. The van der Waals surface area contributed by atoms with Crippen molar-refractivity contribution in [3.63, 3.8) is 0 Å². The molecule has 5 aliphatic rings.